The SMILES string of the molecule is C=Cc1ccc(CC/C=C/C)cc1. The van der Waals surface area contributed by atoms with Crippen molar-refractivity contribution in [3.05, 3.63) is 54.1 Å². The Morgan fingerprint density at radius 1 is 1.23 bits per heavy atom. The van der Waals surface area contributed by atoms with Crippen LogP contribution in [-0.4, -0.2) is 0 Å². The summed E-state index contributed by atoms with van der Waals surface area (Å²) in [6.45, 7) is 5.78. The van der Waals surface area contributed by atoms with E-state index >= 15 is 0 Å². The summed E-state index contributed by atoms with van der Waals surface area (Å²) in [6, 6.07) is 8.55. The van der Waals surface area contributed by atoms with Crippen LogP contribution in [0.1, 0.15) is 24.5 Å². The number of allylic oxidation sites excluding steroid dienone is 2. The molecular formula is C13H16. The molecule has 68 valence electrons. The molecule has 0 aliphatic rings. The molecule has 0 radical (unpaired) electrons. The summed E-state index contributed by atoms with van der Waals surface area (Å²) in [4.78, 5) is 0. The molecule has 0 bridgehead atoms. The van der Waals surface area contributed by atoms with E-state index in [4.69, 9.17) is 0 Å². The average Bonchev–Trinajstić information content (AvgIpc) is 2.19. The molecule has 0 saturated heterocycles. The Morgan fingerprint density at radius 2 is 1.92 bits per heavy atom. The van der Waals surface area contributed by atoms with Crippen molar-refractivity contribution in [2.45, 2.75) is 19.8 Å². The van der Waals surface area contributed by atoms with Crippen molar-refractivity contribution in [1.82, 2.24) is 0 Å². The van der Waals surface area contributed by atoms with Gasteiger partial charge in [-0.25, -0.2) is 0 Å². The fraction of sp³-hybridized carbons (Fsp3) is 0.231. The first kappa shape index (κ1) is 9.79. The Hall–Kier alpha value is -1.30. The molecule has 13 heavy (non-hydrogen) atoms. The Balaban J connectivity index is 2.53. The zero-order valence-corrected chi connectivity index (χ0v) is 8.16. The second-order valence-corrected chi connectivity index (χ2v) is 3.05. The van der Waals surface area contributed by atoms with Gasteiger partial charge in [0.15, 0.2) is 0 Å². The average molecular weight is 172 g/mol. The molecule has 0 amide bonds. The first-order valence-electron chi connectivity index (χ1n) is 4.69. The largest absolute Gasteiger partial charge is 0.0985 e. The van der Waals surface area contributed by atoms with Crippen LogP contribution in [0, 0.1) is 0 Å². The summed E-state index contributed by atoms with van der Waals surface area (Å²) in [5.41, 5.74) is 2.58. The van der Waals surface area contributed by atoms with Gasteiger partial charge in [0.05, 0.1) is 0 Å². The van der Waals surface area contributed by atoms with Gasteiger partial charge in [-0.05, 0) is 30.9 Å². The van der Waals surface area contributed by atoms with Gasteiger partial charge in [0.2, 0.25) is 0 Å². The summed E-state index contributed by atoms with van der Waals surface area (Å²) >= 11 is 0. The van der Waals surface area contributed by atoms with E-state index in [1.807, 2.05) is 6.08 Å². The van der Waals surface area contributed by atoms with Gasteiger partial charge in [-0.3, -0.25) is 0 Å². The predicted octanol–water partition coefficient (Wildman–Crippen LogP) is 3.84. The fourth-order valence-corrected chi connectivity index (χ4v) is 1.24. The van der Waals surface area contributed by atoms with E-state index in [1.54, 1.807) is 0 Å². The van der Waals surface area contributed by atoms with Gasteiger partial charge < -0.3 is 0 Å². The topological polar surface area (TPSA) is 0 Å². The van der Waals surface area contributed by atoms with E-state index in [2.05, 4.69) is 49.9 Å². The number of hydrogen-bond acceptors (Lipinski definition) is 0. The number of rotatable bonds is 4. The fourth-order valence-electron chi connectivity index (χ4n) is 1.24. The first-order valence-corrected chi connectivity index (χ1v) is 4.69. The van der Waals surface area contributed by atoms with Gasteiger partial charge >= 0.3 is 0 Å². The van der Waals surface area contributed by atoms with Gasteiger partial charge in [0.1, 0.15) is 0 Å². The molecule has 0 fully saturated rings. The molecule has 0 atom stereocenters. The Morgan fingerprint density at radius 3 is 2.46 bits per heavy atom. The Kier molecular flexibility index (Phi) is 4.04. The van der Waals surface area contributed by atoms with Gasteiger partial charge in [0, 0.05) is 0 Å². The van der Waals surface area contributed by atoms with Crippen molar-refractivity contribution < 1.29 is 0 Å². The normalized spacial score (nSPS) is 10.5. The van der Waals surface area contributed by atoms with Crippen LogP contribution in [0.3, 0.4) is 0 Å². The molecule has 0 unspecified atom stereocenters. The van der Waals surface area contributed by atoms with Crippen LogP contribution in [0.5, 0.6) is 0 Å². The van der Waals surface area contributed by atoms with Crippen molar-refractivity contribution in [3.8, 4) is 0 Å². The monoisotopic (exact) mass is 172 g/mol. The molecule has 0 heteroatoms. The van der Waals surface area contributed by atoms with Crippen LogP contribution >= 0.6 is 0 Å². The van der Waals surface area contributed by atoms with Crippen molar-refractivity contribution >= 4 is 6.08 Å². The van der Waals surface area contributed by atoms with E-state index in [1.165, 1.54) is 11.1 Å². The van der Waals surface area contributed by atoms with Crippen LogP contribution in [0.4, 0.5) is 0 Å². The molecular weight excluding hydrogens is 156 g/mol. The Bertz CT molecular complexity index is 277. The van der Waals surface area contributed by atoms with Crippen LogP contribution in [0.15, 0.2) is 43.0 Å². The maximum atomic E-state index is 3.72. The number of hydrogen-bond donors (Lipinski definition) is 0. The number of benzene rings is 1. The second kappa shape index (κ2) is 5.36. The minimum absolute atomic E-state index is 1.13. The molecule has 1 rings (SSSR count). The zero-order valence-electron chi connectivity index (χ0n) is 8.16. The third-order valence-corrected chi connectivity index (χ3v) is 2.05. The van der Waals surface area contributed by atoms with Gasteiger partial charge in [-0.1, -0.05) is 49.1 Å². The molecule has 0 aromatic heterocycles. The number of aryl methyl sites for hydroxylation is 1. The van der Waals surface area contributed by atoms with Crippen LogP contribution in [0.25, 0.3) is 6.08 Å². The molecule has 0 saturated carbocycles. The van der Waals surface area contributed by atoms with Crippen LogP contribution < -0.4 is 0 Å². The van der Waals surface area contributed by atoms with Crippen molar-refractivity contribution in [2.75, 3.05) is 0 Å². The first-order chi connectivity index (χ1) is 6.36. The van der Waals surface area contributed by atoms with E-state index in [0.717, 1.165) is 12.8 Å². The molecule has 0 aliphatic carbocycles. The predicted molar refractivity (Wildman–Crippen MR) is 59.7 cm³/mol. The molecule has 0 nitrogen and oxygen atoms in total. The summed E-state index contributed by atoms with van der Waals surface area (Å²) in [6.07, 6.45) is 8.42. The summed E-state index contributed by atoms with van der Waals surface area (Å²) in [5.74, 6) is 0. The lowest BCUT2D eigenvalue weighted by Crippen LogP contribution is -1.82. The van der Waals surface area contributed by atoms with Gasteiger partial charge in [-0.2, -0.15) is 0 Å². The van der Waals surface area contributed by atoms with E-state index in [0.29, 0.717) is 0 Å². The molecule has 0 aliphatic heterocycles. The van der Waals surface area contributed by atoms with Crippen molar-refractivity contribution in [3.63, 3.8) is 0 Å². The molecule has 1 aromatic rings. The molecule has 0 heterocycles. The smallest absolute Gasteiger partial charge is 0.0244 e. The van der Waals surface area contributed by atoms with Gasteiger partial charge in [0.25, 0.3) is 0 Å². The highest BCUT2D eigenvalue weighted by Gasteiger charge is 1.90. The van der Waals surface area contributed by atoms with E-state index in [9.17, 15) is 0 Å². The maximum Gasteiger partial charge on any atom is -0.0244 e. The molecule has 0 spiro atoms. The van der Waals surface area contributed by atoms with Crippen LogP contribution in [0.2, 0.25) is 0 Å². The maximum absolute atomic E-state index is 3.72. The van der Waals surface area contributed by atoms with Crippen LogP contribution in [-0.2, 0) is 6.42 Å². The van der Waals surface area contributed by atoms with Crippen molar-refractivity contribution in [2.24, 2.45) is 0 Å². The summed E-state index contributed by atoms with van der Waals surface area (Å²) in [5, 5.41) is 0. The lowest BCUT2D eigenvalue weighted by Gasteiger charge is -1.98. The van der Waals surface area contributed by atoms with E-state index in [-0.39, 0.29) is 0 Å². The minimum atomic E-state index is 1.13. The lowest BCUT2D eigenvalue weighted by molar-refractivity contribution is 0.999. The van der Waals surface area contributed by atoms with Crippen molar-refractivity contribution in [1.29, 1.82) is 0 Å². The second-order valence-electron chi connectivity index (χ2n) is 3.05. The highest BCUT2D eigenvalue weighted by Crippen LogP contribution is 2.07. The zero-order chi connectivity index (χ0) is 9.52. The summed E-state index contributed by atoms with van der Waals surface area (Å²) in [7, 11) is 0. The highest BCUT2D eigenvalue weighted by molar-refractivity contribution is 5.47. The Labute approximate surface area is 80.6 Å². The third kappa shape index (κ3) is 3.29. The highest BCUT2D eigenvalue weighted by atomic mass is 14.0. The standard InChI is InChI=1S/C13H16/c1-3-5-6-7-13-10-8-12(4-2)9-11-13/h3-5,8-11H,2,6-7H2,1H3/b5-3+. The quantitative estimate of drug-likeness (QED) is 0.605. The van der Waals surface area contributed by atoms with E-state index < -0.39 is 0 Å². The van der Waals surface area contributed by atoms with Gasteiger partial charge in [-0.15, -0.1) is 0 Å². The lowest BCUT2D eigenvalue weighted by atomic mass is 10.1. The molecule has 0 N–H and O–H groups in total. The summed E-state index contributed by atoms with van der Waals surface area (Å²) < 4.78 is 0. The third-order valence-electron chi connectivity index (χ3n) is 2.05. The minimum Gasteiger partial charge on any atom is -0.0985 e. The molecule has 1 aromatic carbocycles.